The van der Waals surface area contributed by atoms with Crippen LogP contribution in [-0.2, 0) is 0 Å². The van der Waals surface area contributed by atoms with Crippen LogP contribution in [0.4, 0.5) is 26.0 Å². The topological polar surface area (TPSA) is 66.9 Å². The molecule has 0 aliphatic rings. The van der Waals surface area contributed by atoms with Gasteiger partial charge in [-0.15, -0.1) is 0 Å². The number of hydrogen-bond donors (Lipinski definition) is 2. The summed E-state index contributed by atoms with van der Waals surface area (Å²) < 4.78 is 26.1. The first-order valence-corrected chi connectivity index (χ1v) is 7.44. The molecule has 2 N–H and O–H groups in total. The molecule has 7 heteroatoms. The standard InChI is InChI=1S/C18H14F2N4O/c1-11-4-2-3-5-15(11)24-17-10-21-16(9-22-17)18(25)23-12-6-7-13(19)14(20)8-12/h2-10H,1H3,(H,22,24)(H,23,25). The molecule has 25 heavy (non-hydrogen) atoms. The predicted octanol–water partition coefficient (Wildman–Crippen LogP) is 4.06. The van der Waals surface area contributed by atoms with Crippen molar-refractivity contribution >= 4 is 23.1 Å². The van der Waals surface area contributed by atoms with E-state index in [1.54, 1.807) is 0 Å². The maximum Gasteiger partial charge on any atom is 0.275 e. The van der Waals surface area contributed by atoms with Gasteiger partial charge < -0.3 is 10.6 Å². The number of aryl methyl sites for hydroxylation is 1. The lowest BCUT2D eigenvalue weighted by atomic mass is 10.2. The van der Waals surface area contributed by atoms with Crippen molar-refractivity contribution in [3.8, 4) is 0 Å². The normalized spacial score (nSPS) is 10.4. The minimum atomic E-state index is -1.04. The number of halogens is 2. The van der Waals surface area contributed by atoms with Crippen LogP contribution in [0.3, 0.4) is 0 Å². The molecule has 0 saturated heterocycles. The van der Waals surface area contributed by atoms with E-state index in [1.807, 2.05) is 31.2 Å². The fraction of sp³-hybridized carbons (Fsp3) is 0.0556. The van der Waals surface area contributed by atoms with Crippen LogP contribution in [0.1, 0.15) is 16.1 Å². The Morgan fingerprint density at radius 3 is 2.48 bits per heavy atom. The van der Waals surface area contributed by atoms with Gasteiger partial charge in [-0.1, -0.05) is 18.2 Å². The summed E-state index contributed by atoms with van der Waals surface area (Å²) in [5.41, 5.74) is 2.12. The van der Waals surface area contributed by atoms with Gasteiger partial charge >= 0.3 is 0 Å². The Morgan fingerprint density at radius 1 is 1.00 bits per heavy atom. The third-order valence-corrected chi connectivity index (χ3v) is 3.47. The summed E-state index contributed by atoms with van der Waals surface area (Å²) >= 11 is 0. The molecule has 0 radical (unpaired) electrons. The molecule has 0 spiro atoms. The Kier molecular flexibility index (Phi) is 4.65. The largest absolute Gasteiger partial charge is 0.339 e. The molecular formula is C18H14F2N4O. The Labute approximate surface area is 142 Å². The van der Waals surface area contributed by atoms with E-state index in [1.165, 1.54) is 18.5 Å². The van der Waals surface area contributed by atoms with Gasteiger partial charge in [0.2, 0.25) is 0 Å². The lowest BCUT2D eigenvalue weighted by molar-refractivity contribution is 0.102. The molecule has 0 aliphatic heterocycles. The molecule has 0 unspecified atom stereocenters. The van der Waals surface area contributed by atoms with Crippen LogP contribution in [0.2, 0.25) is 0 Å². The van der Waals surface area contributed by atoms with Gasteiger partial charge in [-0.25, -0.2) is 18.7 Å². The van der Waals surface area contributed by atoms with Crippen LogP contribution in [0.5, 0.6) is 0 Å². The SMILES string of the molecule is Cc1ccccc1Nc1cnc(C(=O)Nc2ccc(F)c(F)c2)cn1. The molecule has 3 aromatic rings. The molecular weight excluding hydrogens is 326 g/mol. The summed E-state index contributed by atoms with van der Waals surface area (Å²) in [6.07, 6.45) is 2.72. The monoisotopic (exact) mass is 340 g/mol. The molecule has 5 nitrogen and oxygen atoms in total. The van der Waals surface area contributed by atoms with Crippen molar-refractivity contribution in [2.45, 2.75) is 6.92 Å². The zero-order chi connectivity index (χ0) is 17.8. The van der Waals surface area contributed by atoms with E-state index in [9.17, 15) is 13.6 Å². The quantitative estimate of drug-likeness (QED) is 0.752. The molecule has 0 bridgehead atoms. The Balaban J connectivity index is 1.70. The number of hydrogen-bond acceptors (Lipinski definition) is 4. The highest BCUT2D eigenvalue weighted by molar-refractivity contribution is 6.02. The summed E-state index contributed by atoms with van der Waals surface area (Å²) in [7, 11) is 0. The molecule has 0 aliphatic carbocycles. The van der Waals surface area contributed by atoms with E-state index in [0.717, 1.165) is 23.4 Å². The van der Waals surface area contributed by atoms with Crippen LogP contribution in [0.15, 0.2) is 54.9 Å². The average Bonchev–Trinajstić information content (AvgIpc) is 2.61. The minimum absolute atomic E-state index is 0.0556. The second-order valence-electron chi connectivity index (χ2n) is 5.31. The molecule has 126 valence electrons. The molecule has 1 heterocycles. The fourth-order valence-corrected chi connectivity index (χ4v) is 2.13. The molecule has 3 rings (SSSR count). The first-order chi connectivity index (χ1) is 12.0. The van der Waals surface area contributed by atoms with Crippen molar-refractivity contribution in [1.29, 1.82) is 0 Å². The zero-order valence-corrected chi connectivity index (χ0v) is 13.3. The minimum Gasteiger partial charge on any atom is -0.339 e. The van der Waals surface area contributed by atoms with Gasteiger partial charge in [-0.05, 0) is 30.7 Å². The van der Waals surface area contributed by atoms with E-state index in [4.69, 9.17) is 0 Å². The number of para-hydroxylation sites is 1. The van der Waals surface area contributed by atoms with Crippen LogP contribution in [-0.4, -0.2) is 15.9 Å². The molecule has 0 saturated carbocycles. The molecule has 1 aromatic heterocycles. The molecule has 0 atom stereocenters. The van der Waals surface area contributed by atoms with E-state index in [-0.39, 0.29) is 11.4 Å². The van der Waals surface area contributed by atoms with Gasteiger partial charge in [0.1, 0.15) is 11.5 Å². The van der Waals surface area contributed by atoms with Crippen molar-refractivity contribution < 1.29 is 13.6 Å². The Hall–Kier alpha value is -3.35. The maximum atomic E-state index is 13.2. The number of nitrogens with one attached hydrogen (secondary N) is 2. The first-order valence-electron chi connectivity index (χ1n) is 7.44. The number of amides is 1. The lowest BCUT2D eigenvalue weighted by Gasteiger charge is -2.09. The van der Waals surface area contributed by atoms with Crippen LogP contribution in [0.25, 0.3) is 0 Å². The highest BCUT2D eigenvalue weighted by Gasteiger charge is 2.10. The van der Waals surface area contributed by atoms with Gasteiger partial charge in [-0.2, -0.15) is 0 Å². The van der Waals surface area contributed by atoms with Crippen molar-refractivity contribution in [3.63, 3.8) is 0 Å². The zero-order valence-electron chi connectivity index (χ0n) is 13.3. The van der Waals surface area contributed by atoms with Crippen LogP contribution < -0.4 is 10.6 Å². The van der Waals surface area contributed by atoms with Crippen LogP contribution in [0, 0.1) is 18.6 Å². The van der Waals surface area contributed by atoms with Crippen molar-refractivity contribution in [2.75, 3.05) is 10.6 Å². The highest BCUT2D eigenvalue weighted by Crippen LogP contribution is 2.18. The number of anilines is 3. The lowest BCUT2D eigenvalue weighted by Crippen LogP contribution is -2.14. The fourth-order valence-electron chi connectivity index (χ4n) is 2.13. The van der Waals surface area contributed by atoms with E-state index in [2.05, 4.69) is 20.6 Å². The number of nitrogens with zero attached hydrogens (tertiary/aromatic N) is 2. The summed E-state index contributed by atoms with van der Waals surface area (Å²) in [5, 5.41) is 5.54. The first kappa shape index (κ1) is 16.5. The van der Waals surface area contributed by atoms with Gasteiger partial charge in [0.15, 0.2) is 11.6 Å². The van der Waals surface area contributed by atoms with Crippen molar-refractivity contribution in [1.82, 2.24) is 9.97 Å². The smallest absolute Gasteiger partial charge is 0.275 e. The Morgan fingerprint density at radius 2 is 1.80 bits per heavy atom. The van der Waals surface area contributed by atoms with Crippen LogP contribution >= 0.6 is 0 Å². The Bertz CT molecular complexity index is 913. The highest BCUT2D eigenvalue weighted by atomic mass is 19.2. The summed E-state index contributed by atoms with van der Waals surface area (Å²) in [6, 6.07) is 10.8. The summed E-state index contributed by atoms with van der Waals surface area (Å²) in [5.74, 6) is -2.11. The third kappa shape index (κ3) is 3.95. The number of carbonyl (C=O) groups excluding carboxylic acids is 1. The number of aromatic nitrogens is 2. The van der Waals surface area contributed by atoms with Gasteiger partial charge in [-0.3, -0.25) is 4.79 Å². The molecule has 1 amide bonds. The second kappa shape index (κ2) is 7.04. The summed E-state index contributed by atoms with van der Waals surface area (Å²) in [4.78, 5) is 20.3. The molecule has 0 fully saturated rings. The molecule has 2 aromatic carbocycles. The van der Waals surface area contributed by atoms with E-state index >= 15 is 0 Å². The van der Waals surface area contributed by atoms with Gasteiger partial charge in [0.05, 0.1) is 12.4 Å². The predicted molar refractivity (Wildman–Crippen MR) is 90.8 cm³/mol. The van der Waals surface area contributed by atoms with Gasteiger partial charge in [0.25, 0.3) is 5.91 Å². The summed E-state index contributed by atoms with van der Waals surface area (Å²) in [6.45, 7) is 1.96. The van der Waals surface area contributed by atoms with Gasteiger partial charge in [0, 0.05) is 17.4 Å². The number of rotatable bonds is 4. The van der Waals surface area contributed by atoms with Crippen molar-refractivity contribution in [3.05, 3.63) is 77.8 Å². The van der Waals surface area contributed by atoms with Crippen molar-refractivity contribution in [2.24, 2.45) is 0 Å². The number of benzene rings is 2. The van der Waals surface area contributed by atoms with E-state index in [0.29, 0.717) is 5.82 Å². The number of carbonyl (C=O) groups is 1. The third-order valence-electron chi connectivity index (χ3n) is 3.47. The maximum absolute atomic E-state index is 13.2. The van der Waals surface area contributed by atoms with E-state index < -0.39 is 17.5 Å². The average molecular weight is 340 g/mol. The second-order valence-corrected chi connectivity index (χ2v) is 5.31.